The van der Waals surface area contributed by atoms with Crippen LogP contribution in [-0.2, 0) is 6.42 Å². The van der Waals surface area contributed by atoms with Gasteiger partial charge in [0, 0.05) is 13.0 Å². The van der Waals surface area contributed by atoms with Crippen LogP contribution in [0.4, 0.5) is 0 Å². The number of aryl methyl sites for hydroxylation is 1. The molecule has 0 saturated carbocycles. The molecular formula is C12H22N4O. The monoisotopic (exact) mass is 238 g/mol. The number of hydrogen-bond donors (Lipinski definition) is 2. The molecule has 5 heteroatoms. The second-order valence-corrected chi connectivity index (χ2v) is 4.60. The SMILES string of the molecule is CCc1nc(C(=O)NCCCCC(C)C)n[nH]1. The third kappa shape index (κ3) is 4.97. The lowest BCUT2D eigenvalue weighted by Crippen LogP contribution is -2.25. The first-order chi connectivity index (χ1) is 8.13. The summed E-state index contributed by atoms with van der Waals surface area (Å²) in [5, 5.41) is 9.42. The van der Waals surface area contributed by atoms with Crippen LogP contribution >= 0.6 is 0 Å². The predicted molar refractivity (Wildman–Crippen MR) is 66.8 cm³/mol. The van der Waals surface area contributed by atoms with Gasteiger partial charge in [0.15, 0.2) is 0 Å². The third-order valence-corrected chi connectivity index (χ3v) is 2.56. The van der Waals surface area contributed by atoms with E-state index in [1.807, 2.05) is 6.92 Å². The zero-order valence-corrected chi connectivity index (χ0v) is 10.9. The minimum absolute atomic E-state index is 0.189. The van der Waals surface area contributed by atoms with Crippen LogP contribution in [0.1, 0.15) is 56.5 Å². The highest BCUT2D eigenvalue weighted by atomic mass is 16.2. The number of unbranched alkanes of at least 4 members (excludes halogenated alkanes) is 1. The summed E-state index contributed by atoms with van der Waals surface area (Å²) in [6, 6.07) is 0. The Morgan fingerprint density at radius 2 is 2.18 bits per heavy atom. The van der Waals surface area contributed by atoms with Gasteiger partial charge in [0.05, 0.1) is 0 Å². The summed E-state index contributed by atoms with van der Waals surface area (Å²) < 4.78 is 0. The Kier molecular flexibility index (Phi) is 5.66. The van der Waals surface area contributed by atoms with E-state index in [1.165, 1.54) is 6.42 Å². The lowest BCUT2D eigenvalue weighted by Gasteiger charge is -2.04. The van der Waals surface area contributed by atoms with Gasteiger partial charge in [-0.15, -0.1) is 5.10 Å². The number of aromatic nitrogens is 3. The number of rotatable bonds is 7. The molecular weight excluding hydrogens is 216 g/mol. The van der Waals surface area contributed by atoms with E-state index >= 15 is 0 Å². The Labute approximate surface area is 102 Å². The molecule has 0 spiro atoms. The van der Waals surface area contributed by atoms with E-state index in [4.69, 9.17) is 0 Å². The van der Waals surface area contributed by atoms with Crippen molar-refractivity contribution in [3.8, 4) is 0 Å². The van der Waals surface area contributed by atoms with E-state index in [0.717, 1.165) is 31.0 Å². The molecule has 0 aromatic carbocycles. The van der Waals surface area contributed by atoms with Gasteiger partial charge in [-0.2, -0.15) is 0 Å². The van der Waals surface area contributed by atoms with Gasteiger partial charge in [-0.05, 0) is 12.3 Å². The molecule has 0 atom stereocenters. The van der Waals surface area contributed by atoms with Crippen LogP contribution in [0.5, 0.6) is 0 Å². The number of carbonyl (C=O) groups is 1. The summed E-state index contributed by atoms with van der Waals surface area (Å²) >= 11 is 0. The quantitative estimate of drug-likeness (QED) is 0.713. The Morgan fingerprint density at radius 3 is 2.76 bits per heavy atom. The second-order valence-electron chi connectivity index (χ2n) is 4.60. The van der Waals surface area contributed by atoms with Crippen molar-refractivity contribution in [3.63, 3.8) is 0 Å². The standard InChI is InChI=1S/C12H22N4O/c1-4-10-14-11(16-15-10)12(17)13-8-6-5-7-9(2)3/h9H,4-8H2,1-3H3,(H,13,17)(H,14,15,16). The smallest absolute Gasteiger partial charge is 0.290 e. The van der Waals surface area contributed by atoms with E-state index < -0.39 is 0 Å². The van der Waals surface area contributed by atoms with Crippen molar-refractivity contribution >= 4 is 5.91 Å². The van der Waals surface area contributed by atoms with Gasteiger partial charge in [-0.25, -0.2) is 4.98 Å². The maximum absolute atomic E-state index is 11.6. The maximum Gasteiger partial charge on any atom is 0.290 e. The molecule has 2 N–H and O–H groups in total. The molecule has 0 bridgehead atoms. The van der Waals surface area contributed by atoms with E-state index in [-0.39, 0.29) is 11.7 Å². The number of amides is 1. The molecule has 5 nitrogen and oxygen atoms in total. The fourth-order valence-electron chi connectivity index (χ4n) is 1.51. The Balaban J connectivity index is 2.21. The van der Waals surface area contributed by atoms with Crippen molar-refractivity contribution in [2.75, 3.05) is 6.54 Å². The van der Waals surface area contributed by atoms with Crippen LogP contribution in [0.15, 0.2) is 0 Å². The average molecular weight is 238 g/mol. The fourth-order valence-corrected chi connectivity index (χ4v) is 1.51. The molecule has 1 heterocycles. The van der Waals surface area contributed by atoms with E-state index in [0.29, 0.717) is 6.54 Å². The van der Waals surface area contributed by atoms with E-state index in [9.17, 15) is 4.79 Å². The highest BCUT2D eigenvalue weighted by Gasteiger charge is 2.10. The summed E-state index contributed by atoms with van der Waals surface area (Å²) in [5.74, 6) is 1.52. The molecule has 17 heavy (non-hydrogen) atoms. The zero-order valence-electron chi connectivity index (χ0n) is 10.9. The van der Waals surface area contributed by atoms with Gasteiger partial charge >= 0.3 is 0 Å². The highest BCUT2D eigenvalue weighted by molar-refractivity contribution is 5.90. The van der Waals surface area contributed by atoms with Crippen molar-refractivity contribution in [3.05, 3.63) is 11.6 Å². The number of carbonyl (C=O) groups excluding carboxylic acids is 1. The van der Waals surface area contributed by atoms with Gasteiger partial charge < -0.3 is 5.32 Å². The molecule has 1 amide bonds. The normalized spacial score (nSPS) is 10.8. The molecule has 1 aromatic rings. The predicted octanol–water partition coefficient (Wildman–Crippen LogP) is 1.92. The molecule has 0 radical (unpaired) electrons. The number of H-pyrrole nitrogens is 1. The highest BCUT2D eigenvalue weighted by Crippen LogP contribution is 2.05. The summed E-state index contributed by atoms with van der Waals surface area (Å²) in [6.07, 6.45) is 4.12. The lowest BCUT2D eigenvalue weighted by molar-refractivity contribution is 0.0943. The van der Waals surface area contributed by atoms with Crippen LogP contribution in [-0.4, -0.2) is 27.6 Å². The maximum atomic E-state index is 11.6. The first-order valence-corrected chi connectivity index (χ1v) is 6.33. The third-order valence-electron chi connectivity index (χ3n) is 2.56. The largest absolute Gasteiger partial charge is 0.349 e. The van der Waals surface area contributed by atoms with Crippen LogP contribution < -0.4 is 5.32 Å². The number of nitrogens with one attached hydrogen (secondary N) is 2. The van der Waals surface area contributed by atoms with Gasteiger partial charge in [-0.1, -0.05) is 33.6 Å². The molecule has 1 aromatic heterocycles. The Bertz CT molecular complexity index is 346. The van der Waals surface area contributed by atoms with Crippen molar-refractivity contribution in [2.45, 2.75) is 46.5 Å². The van der Waals surface area contributed by atoms with Crippen LogP contribution in [0.25, 0.3) is 0 Å². The van der Waals surface area contributed by atoms with Gasteiger partial charge in [-0.3, -0.25) is 9.89 Å². The first kappa shape index (κ1) is 13.7. The van der Waals surface area contributed by atoms with Crippen molar-refractivity contribution in [1.29, 1.82) is 0 Å². The van der Waals surface area contributed by atoms with Gasteiger partial charge in [0.1, 0.15) is 5.82 Å². The van der Waals surface area contributed by atoms with Gasteiger partial charge in [0.2, 0.25) is 5.82 Å². The van der Waals surface area contributed by atoms with E-state index in [1.54, 1.807) is 0 Å². The zero-order chi connectivity index (χ0) is 12.7. The average Bonchev–Trinajstić information content (AvgIpc) is 2.76. The summed E-state index contributed by atoms with van der Waals surface area (Å²) in [7, 11) is 0. The number of hydrogen-bond acceptors (Lipinski definition) is 3. The Morgan fingerprint density at radius 1 is 1.41 bits per heavy atom. The molecule has 0 aliphatic heterocycles. The minimum Gasteiger partial charge on any atom is -0.349 e. The number of nitrogens with zero attached hydrogens (tertiary/aromatic N) is 2. The fraction of sp³-hybridized carbons (Fsp3) is 0.750. The molecule has 0 aliphatic carbocycles. The molecule has 0 saturated heterocycles. The van der Waals surface area contributed by atoms with Crippen molar-refractivity contribution < 1.29 is 4.79 Å². The molecule has 96 valence electrons. The first-order valence-electron chi connectivity index (χ1n) is 6.33. The van der Waals surface area contributed by atoms with E-state index in [2.05, 4.69) is 34.3 Å². The van der Waals surface area contributed by atoms with Crippen molar-refractivity contribution in [2.24, 2.45) is 5.92 Å². The number of aromatic amines is 1. The van der Waals surface area contributed by atoms with Gasteiger partial charge in [0.25, 0.3) is 5.91 Å². The topological polar surface area (TPSA) is 70.7 Å². The molecule has 0 aliphatic rings. The Hall–Kier alpha value is -1.39. The molecule has 0 unspecified atom stereocenters. The summed E-state index contributed by atoms with van der Waals surface area (Å²) in [6.45, 7) is 7.08. The minimum atomic E-state index is -0.189. The lowest BCUT2D eigenvalue weighted by atomic mass is 10.1. The second kappa shape index (κ2) is 7.04. The van der Waals surface area contributed by atoms with Crippen molar-refractivity contribution in [1.82, 2.24) is 20.5 Å². The van der Waals surface area contributed by atoms with Crippen LogP contribution in [0.2, 0.25) is 0 Å². The van der Waals surface area contributed by atoms with Crippen LogP contribution in [0.3, 0.4) is 0 Å². The summed E-state index contributed by atoms with van der Waals surface area (Å²) in [5.41, 5.74) is 0. The van der Waals surface area contributed by atoms with Crippen LogP contribution in [0, 0.1) is 5.92 Å². The molecule has 1 rings (SSSR count). The summed E-state index contributed by atoms with van der Waals surface area (Å²) in [4.78, 5) is 15.7. The molecule has 0 fully saturated rings.